The number of benzene rings is 2. The lowest BCUT2D eigenvalue weighted by Gasteiger charge is -2.20. The second-order valence-electron chi connectivity index (χ2n) is 9.36. The number of hydrogen-bond donors (Lipinski definition) is 2. The molecule has 40 heavy (non-hydrogen) atoms. The van der Waals surface area contributed by atoms with Crippen LogP contribution in [0.25, 0.3) is 10.9 Å². The second kappa shape index (κ2) is 12.5. The fourth-order valence-corrected chi connectivity index (χ4v) is 5.39. The maximum atomic E-state index is 13.9. The summed E-state index contributed by atoms with van der Waals surface area (Å²) in [6.07, 6.45) is 6.15. The van der Waals surface area contributed by atoms with Crippen molar-refractivity contribution in [2.24, 2.45) is 0 Å². The number of rotatable bonds is 11. The van der Waals surface area contributed by atoms with Gasteiger partial charge in [-0.25, -0.2) is 23.7 Å². The molecule has 9 nitrogen and oxygen atoms in total. The van der Waals surface area contributed by atoms with Gasteiger partial charge in [-0.2, -0.15) is 0 Å². The van der Waals surface area contributed by atoms with E-state index in [9.17, 15) is 13.6 Å². The molecule has 1 saturated heterocycles. The van der Waals surface area contributed by atoms with Crippen molar-refractivity contribution in [3.63, 3.8) is 0 Å². The second-order valence-corrected chi connectivity index (χ2v) is 10.5. The van der Waals surface area contributed by atoms with E-state index in [1.165, 1.54) is 36.2 Å². The smallest absolute Gasteiger partial charge is 0.229 e. The van der Waals surface area contributed by atoms with Gasteiger partial charge >= 0.3 is 0 Å². The number of anilines is 3. The minimum atomic E-state index is -1.10. The molecule has 2 aromatic heterocycles. The molecule has 5 rings (SSSR count). The number of nitrogens with zero attached hydrogens (tertiary/aromatic N) is 4. The van der Waals surface area contributed by atoms with E-state index in [4.69, 9.17) is 9.47 Å². The zero-order valence-corrected chi connectivity index (χ0v) is 22.8. The highest BCUT2D eigenvalue weighted by molar-refractivity contribution is 7.15. The summed E-state index contributed by atoms with van der Waals surface area (Å²) < 4.78 is 38.9. The lowest BCUT2D eigenvalue weighted by atomic mass is 10.2. The number of likely N-dealkylation sites (tertiary alicyclic amines) is 1. The average molecular weight is 568 g/mol. The minimum absolute atomic E-state index is 0.0540. The molecule has 4 aromatic rings. The largest absolute Gasteiger partial charge is 0.493 e. The molecule has 2 N–H and O–H groups in total. The van der Waals surface area contributed by atoms with Crippen LogP contribution in [-0.4, -0.2) is 58.6 Å². The first-order chi connectivity index (χ1) is 19.4. The van der Waals surface area contributed by atoms with Gasteiger partial charge in [-0.3, -0.25) is 4.79 Å². The Morgan fingerprint density at radius 2 is 2.10 bits per heavy atom. The molecule has 1 atom stereocenters. The van der Waals surface area contributed by atoms with Gasteiger partial charge in [0.15, 0.2) is 28.3 Å². The van der Waals surface area contributed by atoms with Crippen molar-refractivity contribution < 1.29 is 23.0 Å². The van der Waals surface area contributed by atoms with Crippen LogP contribution in [0.1, 0.15) is 24.1 Å². The predicted octanol–water partition coefficient (Wildman–Crippen LogP) is 5.37. The number of methoxy groups -OCH3 is 1. The molecule has 1 aliphatic heterocycles. The predicted molar refractivity (Wildman–Crippen MR) is 150 cm³/mol. The maximum Gasteiger partial charge on any atom is 0.229 e. The number of aromatic nitrogens is 3. The fourth-order valence-electron chi connectivity index (χ4n) is 4.58. The molecule has 3 heterocycles. The van der Waals surface area contributed by atoms with Crippen LogP contribution in [0.15, 0.2) is 42.9 Å². The number of halogens is 2. The van der Waals surface area contributed by atoms with Gasteiger partial charge in [0.1, 0.15) is 12.1 Å². The Morgan fingerprint density at radius 1 is 1.23 bits per heavy atom. The summed E-state index contributed by atoms with van der Waals surface area (Å²) in [5.41, 5.74) is 0.454. The third kappa shape index (κ3) is 6.45. The number of nitrogens with one attached hydrogen (secondary N) is 2. The van der Waals surface area contributed by atoms with E-state index in [2.05, 4.69) is 37.4 Å². The van der Waals surface area contributed by atoms with Crippen molar-refractivity contribution in [3.05, 3.63) is 66.3 Å². The number of amides is 1. The summed E-state index contributed by atoms with van der Waals surface area (Å²) in [5, 5.41) is 6.77. The van der Waals surface area contributed by atoms with Crippen LogP contribution in [-0.2, 0) is 11.2 Å². The van der Waals surface area contributed by atoms with E-state index in [0.29, 0.717) is 50.9 Å². The van der Waals surface area contributed by atoms with Crippen molar-refractivity contribution in [1.29, 1.82) is 0 Å². The number of fused-ring (bicyclic) bond motifs is 1. The first-order valence-corrected chi connectivity index (χ1v) is 13.7. The summed E-state index contributed by atoms with van der Waals surface area (Å²) in [7, 11) is 1.58. The van der Waals surface area contributed by atoms with Crippen molar-refractivity contribution >= 4 is 44.8 Å². The van der Waals surface area contributed by atoms with E-state index in [0.717, 1.165) is 32.0 Å². The molecular weight excluding hydrogens is 538 g/mol. The lowest BCUT2D eigenvalue weighted by molar-refractivity contribution is -0.115. The number of carbonyl (C=O) groups is 1. The molecular formula is C28H29F2N6O3S. The Balaban J connectivity index is 1.23. The molecule has 1 amide bonds. The van der Waals surface area contributed by atoms with E-state index >= 15 is 0 Å². The van der Waals surface area contributed by atoms with Gasteiger partial charge in [0.2, 0.25) is 5.91 Å². The summed E-state index contributed by atoms with van der Waals surface area (Å²) >= 11 is 1.24. The minimum Gasteiger partial charge on any atom is -0.493 e. The quantitative estimate of drug-likeness (QED) is 0.234. The Bertz CT molecular complexity index is 1500. The van der Waals surface area contributed by atoms with Crippen molar-refractivity contribution in [3.8, 4) is 11.5 Å². The van der Waals surface area contributed by atoms with Crippen LogP contribution in [0.4, 0.5) is 25.4 Å². The van der Waals surface area contributed by atoms with Gasteiger partial charge < -0.3 is 25.0 Å². The van der Waals surface area contributed by atoms with Gasteiger partial charge in [0.05, 0.1) is 31.3 Å². The molecule has 0 aliphatic carbocycles. The Kier molecular flexibility index (Phi) is 8.66. The molecule has 0 unspecified atom stereocenters. The van der Waals surface area contributed by atoms with Crippen LogP contribution < -0.4 is 20.1 Å². The van der Waals surface area contributed by atoms with Crippen molar-refractivity contribution in [2.75, 3.05) is 37.4 Å². The van der Waals surface area contributed by atoms with Gasteiger partial charge in [0, 0.05) is 35.1 Å². The van der Waals surface area contributed by atoms with Gasteiger partial charge in [0.25, 0.3) is 0 Å². The lowest BCUT2D eigenvalue weighted by Crippen LogP contribution is -2.29. The first-order valence-electron chi connectivity index (χ1n) is 12.9. The molecule has 1 aliphatic rings. The highest BCUT2D eigenvalue weighted by atomic mass is 32.1. The summed E-state index contributed by atoms with van der Waals surface area (Å²) in [5.74, 6) is -0.948. The Hall–Kier alpha value is -3.90. The molecule has 12 heteroatoms. The topological polar surface area (TPSA) is 102 Å². The Morgan fingerprint density at radius 3 is 2.90 bits per heavy atom. The van der Waals surface area contributed by atoms with Crippen LogP contribution in [0.5, 0.6) is 11.5 Å². The first kappa shape index (κ1) is 27.7. The average Bonchev–Trinajstić information content (AvgIpc) is 3.56. The van der Waals surface area contributed by atoms with Crippen LogP contribution >= 0.6 is 11.3 Å². The van der Waals surface area contributed by atoms with Crippen LogP contribution in [0.3, 0.4) is 0 Å². The van der Waals surface area contributed by atoms with Crippen LogP contribution in [0.2, 0.25) is 0 Å². The van der Waals surface area contributed by atoms with Gasteiger partial charge in [-0.15, -0.1) is 11.3 Å². The van der Waals surface area contributed by atoms with E-state index in [1.807, 2.05) is 12.1 Å². The van der Waals surface area contributed by atoms with Crippen molar-refractivity contribution in [2.45, 2.75) is 31.7 Å². The normalized spacial score (nSPS) is 15.3. The molecule has 0 spiro atoms. The number of hydrogen-bond acceptors (Lipinski definition) is 9. The highest BCUT2D eigenvalue weighted by Crippen LogP contribution is 2.35. The molecule has 1 fully saturated rings. The molecule has 0 saturated carbocycles. The summed E-state index contributed by atoms with van der Waals surface area (Å²) in [4.78, 5) is 28.5. The van der Waals surface area contributed by atoms with E-state index in [1.54, 1.807) is 13.3 Å². The third-order valence-corrected chi connectivity index (χ3v) is 7.52. The molecule has 2 aromatic carbocycles. The Labute approximate surface area is 234 Å². The standard InChI is InChI=1S/C28H29F2N6O3S/c1-17-6-4-9-36(17)10-5-11-39-24-14-22-19(13-23(24)38-2)27(33-16-32-22)35-28-31-15-18(40-28)12-25(37)34-21-8-3-7-20(29)26(21)30/h3,7-8,13-17H,1,4-6,9-12H2,2H3,(H,34,37)(H,31,32,33,35)/t17-/m0/s1. The molecule has 1 radical (unpaired) electrons. The highest BCUT2D eigenvalue weighted by Gasteiger charge is 2.20. The van der Waals surface area contributed by atoms with Gasteiger partial charge in [-0.05, 0) is 50.9 Å². The van der Waals surface area contributed by atoms with E-state index < -0.39 is 17.5 Å². The monoisotopic (exact) mass is 567 g/mol. The zero-order valence-electron chi connectivity index (χ0n) is 22.0. The summed E-state index contributed by atoms with van der Waals surface area (Å²) in [6, 6.07) is 7.63. The number of ether oxygens (including phenoxy) is 2. The summed E-state index contributed by atoms with van der Waals surface area (Å²) in [6.45, 7) is 6.76. The molecule has 209 valence electrons. The van der Waals surface area contributed by atoms with E-state index in [-0.39, 0.29) is 12.1 Å². The maximum absolute atomic E-state index is 13.9. The third-order valence-electron chi connectivity index (χ3n) is 6.61. The van der Waals surface area contributed by atoms with Gasteiger partial charge in [-0.1, -0.05) is 6.07 Å². The SMILES string of the molecule is [CH2][C@H]1CCCN1CCCOc1cc2ncnc(Nc3ncc(CC(=O)Nc4cccc(F)c4F)s3)c2cc1OC. The fraction of sp³-hybridized carbons (Fsp3) is 0.321. The van der Waals surface area contributed by atoms with Crippen molar-refractivity contribution in [1.82, 2.24) is 19.9 Å². The number of carbonyl (C=O) groups excluding carboxylic acids is 1. The zero-order chi connectivity index (χ0) is 28.1. The van der Waals surface area contributed by atoms with Crippen LogP contribution in [0, 0.1) is 18.6 Å². The number of thiazole rings is 1. The molecule has 0 bridgehead atoms.